The van der Waals surface area contributed by atoms with Crippen LogP contribution in [0.1, 0.15) is 46.0 Å². The average Bonchev–Trinajstić information content (AvgIpc) is 2.10. The molecule has 13 heavy (non-hydrogen) atoms. The van der Waals surface area contributed by atoms with Gasteiger partial charge in [0.25, 0.3) is 0 Å². The molecule has 0 aliphatic carbocycles. The summed E-state index contributed by atoms with van der Waals surface area (Å²) in [6.07, 6.45) is 9.72. The second-order valence-corrected chi connectivity index (χ2v) is 3.40. The van der Waals surface area contributed by atoms with Gasteiger partial charge in [0, 0.05) is 0 Å². The first kappa shape index (κ1) is 12.2. The molecule has 0 saturated carbocycles. The van der Waals surface area contributed by atoms with Crippen LogP contribution < -0.4 is 0 Å². The Kier molecular flexibility index (Phi) is 7.36. The first-order chi connectivity index (χ1) is 6.18. The van der Waals surface area contributed by atoms with Gasteiger partial charge in [-0.2, -0.15) is 0 Å². The van der Waals surface area contributed by atoms with Crippen molar-refractivity contribution in [3.8, 4) is 0 Å². The van der Waals surface area contributed by atoms with E-state index in [0.717, 1.165) is 6.42 Å². The summed E-state index contributed by atoms with van der Waals surface area (Å²) in [7, 11) is 0. The summed E-state index contributed by atoms with van der Waals surface area (Å²) in [6.45, 7) is 3.88. The molecule has 2 heteroatoms. The summed E-state index contributed by atoms with van der Waals surface area (Å²) in [5.74, 6) is -1.09. The normalized spacial score (nSPS) is 13.4. The molecule has 0 spiro atoms. The fraction of sp³-hybridized carbons (Fsp3) is 0.727. The Morgan fingerprint density at radius 2 is 2.08 bits per heavy atom. The molecule has 0 aliphatic heterocycles. The molecule has 2 nitrogen and oxygen atoms in total. The van der Waals surface area contributed by atoms with Crippen LogP contribution in [0.15, 0.2) is 12.2 Å². The van der Waals surface area contributed by atoms with Crippen molar-refractivity contribution in [3.05, 3.63) is 12.2 Å². The maximum atomic E-state index is 10.4. The maximum Gasteiger partial charge on any atom is 0.310 e. The van der Waals surface area contributed by atoms with E-state index < -0.39 is 5.97 Å². The van der Waals surface area contributed by atoms with Crippen molar-refractivity contribution in [3.63, 3.8) is 0 Å². The molecule has 1 atom stereocenters. The van der Waals surface area contributed by atoms with Crippen molar-refractivity contribution >= 4 is 5.97 Å². The topological polar surface area (TPSA) is 37.3 Å². The predicted octanol–water partition coefficient (Wildman–Crippen LogP) is 3.23. The fourth-order valence-corrected chi connectivity index (χ4v) is 1.07. The van der Waals surface area contributed by atoms with Gasteiger partial charge >= 0.3 is 5.97 Å². The Hall–Kier alpha value is -0.790. The third-order valence-electron chi connectivity index (χ3n) is 2.04. The lowest BCUT2D eigenvalue weighted by atomic mass is 10.1. The van der Waals surface area contributed by atoms with Crippen molar-refractivity contribution in [2.75, 3.05) is 0 Å². The molecule has 0 aliphatic rings. The number of carboxylic acids is 1. The van der Waals surface area contributed by atoms with E-state index in [1.54, 1.807) is 13.0 Å². The Morgan fingerprint density at radius 3 is 2.62 bits per heavy atom. The van der Waals surface area contributed by atoms with Crippen LogP contribution in [0, 0.1) is 5.92 Å². The highest BCUT2D eigenvalue weighted by atomic mass is 16.4. The first-order valence-corrected chi connectivity index (χ1v) is 5.08. The average molecular weight is 184 g/mol. The van der Waals surface area contributed by atoms with Gasteiger partial charge in [-0.05, 0) is 19.8 Å². The van der Waals surface area contributed by atoms with Crippen LogP contribution in [-0.4, -0.2) is 11.1 Å². The summed E-state index contributed by atoms with van der Waals surface area (Å²) in [5.41, 5.74) is 0. The van der Waals surface area contributed by atoms with Gasteiger partial charge in [0.15, 0.2) is 0 Å². The van der Waals surface area contributed by atoms with Crippen molar-refractivity contribution in [2.45, 2.75) is 46.0 Å². The molecule has 0 aromatic carbocycles. The van der Waals surface area contributed by atoms with Gasteiger partial charge in [-0.3, -0.25) is 4.79 Å². The van der Waals surface area contributed by atoms with E-state index in [-0.39, 0.29) is 5.92 Å². The van der Waals surface area contributed by atoms with Gasteiger partial charge < -0.3 is 5.11 Å². The molecule has 0 heterocycles. The number of carbonyl (C=O) groups is 1. The molecule has 0 rings (SSSR count). The fourth-order valence-electron chi connectivity index (χ4n) is 1.07. The minimum Gasteiger partial charge on any atom is -0.481 e. The predicted molar refractivity (Wildman–Crippen MR) is 54.7 cm³/mol. The van der Waals surface area contributed by atoms with Crippen molar-refractivity contribution in [2.24, 2.45) is 5.92 Å². The minimum atomic E-state index is -0.746. The van der Waals surface area contributed by atoms with E-state index in [1.165, 1.54) is 25.7 Å². The van der Waals surface area contributed by atoms with Gasteiger partial charge in [-0.25, -0.2) is 0 Å². The molecule has 1 N–H and O–H groups in total. The Balaban J connectivity index is 3.35. The second kappa shape index (κ2) is 7.84. The maximum absolute atomic E-state index is 10.4. The molecule has 76 valence electrons. The lowest BCUT2D eigenvalue weighted by molar-refractivity contribution is -0.139. The van der Waals surface area contributed by atoms with Crippen LogP contribution in [-0.2, 0) is 4.79 Å². The number of aliphatic carboxylic acids is 1. The largest absolute Gasteiger partial charge is 0.481 e. The van der Waals surface area contributed by atoms with Crippen LogP contribution in [0.2, 0.25) is 0 Å². The molecule has 0 saturated heterocycles. The Bertz CT molecular complexity index is 161. The number of allylic oxidation sites excluding steroid dienone is 1. The summed E-state index contributed by atoms with van der Waals surface area (Å²) in [6, 6.07) is 0. The summed E-state index contributed by atoms with van der Waals surface area (Å²) in [4.78, 5) is 10.4. The van der Waals surface area contributed by atoms with Crippen LogP contribution in [0.25, 0.3) is 0 Å². The highest BCUT2D eigenvalue weighted by Crippen LogP contribution is 2.04. The smallest absolute Gasteiger partial charge is 0.310 e. The summed E-state index contributed by atoms with van der Waals surface area (Å²) in [5, 5.41) is 8.57. The Labute approximate surface area is 80.7 Å². The number of rotatable bonds is 7. The summed E-state index contributed by atoms with van der Waals surface area (Å²) >= 11 is 0. The van der Waals surface area contributed by atoms with Crippen molar-refractivity contribution in [1.82, 2.24) is 0 Å². The van der Waals surface area contributed by atoms with Crippen LogP contribution in [0.4, 0.5) is 0 Å². The molecule has 0 aromatic rings. The third-order valence-corrected chi connectivity index (χ3v) is 2.04. The molecular weight excluding hydrogens is 164 g/mol. The molecule has 0 aromatic heterocycles. The third kappa shape index (κ3) is 7.57. The van der Waals surface area contributed by atoms with Gasteiger partial charge in [-0.1, -0.05) is 38.3 Å². The van der Waals surface area contributed by atoms with E-state index in [0.29, 0.717) is 0 Å². The van der Waals surface area contributed by atoms with Crippen molar-refractivity contribution < 1.29 is 9.90 Å². The highest BCUT2D eigenvalue weighted by molar-refractivity contribution is 5.71. The quantitative estimate of drug-likeness (QED) is 0.487. The Morgan fingerprint density at radius 1 is 1.38 bits per heavy atom. The van der Waals surface area contributed by atoms with E-state index in [2.05, 4.69) is 6.92 Å². The number of carboxylic acid groups (broad SMARTS) is 1. The molecule has 0 amide bonds. The lowest BCUT2D eigenvalue weighted by Gasteiger charge is -1.97. The van der Waals surface area contributed by atoms with E-state index in [1.807, 2.05) is 6.08 Å². The van der Waals surface area contributed by atoms with Crippen molar-refractivity contribution in [1.29, 1.82) is 0 Å². The highest BCUT2D eigenvalue weighted by Gasteiger charge is 2.04. The second-order valence-electron chi connectivity index (χ2n) is 3.40. The van der Waals surface area contributed by atoms with E-state index in [9.17, 15) is 4.79 Å². The monoisotopic (exact) mass is 184 g/mol. The molecule has 0 bridgehead atoms. The zero-order chi connectivity index (χ0) is 10.1. The van der Waals surface area contributed by atoms with E-state index in [4.69, 9.17) is 5.11 Å². The molecule has 0 radical (unpaired) electrons. The van der Waals surface area contributed by atoms with Crippen LogP contribution in [0.5, 0.6) is 0 Å². The zero-order valence-corrected chi connectivity index (χ0v) is 8.62. The van der Waals surface area contributed by atoms with Crippen LogP contribution in [0.3, 0.4) is 0 Å². The summed E-state index contributed by atoms with van der Waals surface area (Å²) < 4.78 is 0. The van der Waals surface area contributed by atoms with Gasteiger partial charge in [0.2, 0.25) is 0 Å². The SMILES string of the molecule is CCCCCC/C=C\C(C)C(=O)O. The number of hydrogen-bond donors (Lipinski definition) is 1. The van der Waals surface area contributed by atoms with Gasteiger partial charge in [0.1, 0.15) is 0 Å². The molecular formula is C11H20O2. The lowest BCUT2D eigenvalue weighted by Crippen LogP contribution is -2.05. The number of unbranched alkanes of at least 4 members (excludes halogenated alkanes) is 4. The molecule has 0 fully saturated rings. The first-order valence-electron chi connectivity index (χ1n) is 5.08. The zero-order valence-electron chi connectivity index (χ0n) is 8.62. The van der Waals surface area contributed by atoms with Gasteiger partial charge in [-0.15, -0.1) is 0 Å². The molecule has 1 unspecified atom stereocenters. The minimum absolute atomic E-state index is 0.342. The number of hydrogen-bond acceptors (Lipinski definition) is 1. The standard InChI is InChI=1S/C11H20O2/c1-3-4-5-6-7-8-9-10(2)11(12)13/h8-10H,3-7H2,1-2H3,(H,12,13)/b9-8-. The van der Waals surface area contributed by atoms with Crippen LogP contribution >= 0.6 is 0 Å². The van der Waals surface area contributed by atoms with Gasteiger partial charge in [0.05, 0.1) is 5.92 Å². The van der Waals surface area contributed by atoms with E-state index >= 15 is 0 Å².